The molecule has 0 amide bonds. The maximum atomic E-state index is 12.5. The molecule has 1 rings (SSSR count). The van der Waals surface area contributed by atoms with Gasteiger partial charge in [0.25, 0.3) is 5.92 Å². The summed E-state index contributed by atoms with van der Waals surface area (Å²) >= 11 is 0. The highest BCUT2D eigenvalue weighted by Gasteiger charge is 2.27. The van der Waals surface area contributed by atoms with E-state index in [1.807, 2.05) is 0 Å². The van der Waals surface area contributed by atoms with Gasteiger partial charge in [0.05, 0.1) is 6.54 Å². The molecule has 0 radical (unpaired) electrons. The van der Waals surface area contributed by atoms with E-state index in [9.17, 15) is 8.78 Å². The number of halogens is 2. The number of rotatable bonds is 4. The first kappa shape index (κ1) is 9.79. The number of aliphatic hydroxyl groups is 1. The van der Waals surface area contributed by atoms with Gasteiger partial charge in [-0.05, 0) is 12.1 Å². The molecule has 0 fully saturated rings. The van der Waals surface area contributed by atoms with E-state index in [0.29, 0.717) is 0 Å². The van der Waals surface area contributed by atoms with Crippen LogP contribution in [0.15, 0.2) is 18.3 Å². The molecule has 0 bridgehead atoms. The fourth-order valence-electron chi connectivity index (χ4n) is 0.672. The molecule has 2 N–H and O–H groups in total. The number of aromatic nitrogens is 2. The second-order valence-corrected chi connectivity index (χ2v) is 2.48. The first-order valence-corrected chi connectivity index (χ1v) is 3.64. The molecule has 13 heavy (non-hydrogen) atoms. The van der Waals surface area contributed by atoms with E-state index < -0.39 is 19.1 Å². The Labute approximate surface area is 73.6 Å². The monoisotopic (exact) mass is 189 g/mol. The van der Waals surface area contributed by atoms with Crippen molar-refractivity contribution in [3.63, 3.8) is 0 Å². The predicted octanol–water partition coefficient (Wildman–Crippen LogP) is 0.516. The number of nitrogens with zero attached hydrogens (tertiary/aromatic N) is 2. The lowest BCUT2D eigenvalue weighted by molar-refractivity contribution is -0.0373. The molecule has 4 nitrogen and oxygen atoms in total. The highest BCUT2D eigenvalue weighted by atomic mass is 19.3. The third kappa shape index (κ3) is 3.29. The van der Waals surface area contributed by atoms with Crippen LogP contribution in [0.5, 0.6) is 0 Å². The minimum Gasteiger partial charge on any atom is -0.390 e. The van der Waals surface area contributed by atoms with Crippen LogP contribution in [-0.4, -0.2) is 34.4 Å². The summed E-state index contributed by atoms with van der Waals surface area (Å²) in [6.07, 6.45) is 1.44. The van der Waals surface area contributed by atoms with E-state index in [4.69, 9.17) is 5.11 Å². The van der Waals surface area contributed by atoms with Crippen LogP contribution >= 0.6 is 0 Å². The van der Waals surface area contributed by atoms with Gasteiger partial charge in [-0.25, -0.2) is 8.78 Å². The second kappa shape index (κ2) is 4.08. The predicted molar refractivity (Wildman–Crippen MR) is 42.6 cm³/mol. The van der Waals surface area contributed by atoms with Crippen LogP contribution in [0.2, 0.25) is 0 Å². The first-order valence-electron chi connectivity index (χ1n) is 3.64. The van der Waals surface area contributed by atoms with Gasteiger partial charge in [0.2, 0.25) is 0 Å². The summed E-state index contributed by atoms with van der Waals surface area (Å²) in [7, 11) is 0. The largest absolute Gasteiger partial charge is 0.390 e. The molecule has 0 saturated heterocycles. The molecule has 0 aromatic carbocycles. The lowest BCUT2D eigenvalue weighted by Crippen LogP contribution is -2.31. The summed E-state index contributed by atoms with van der Waals surface area (Å²) in [5, 5.41) is 17.6. The molecular formula is C7H9F2N3O. The molecule has 0 spiro atoms. The minimum atomic E-state index is -3.13. The number of aliphatic hydroxyl groups excluding tert-OH is 1. The Bertz CT molecular complexity index is 255. The van der Waals surface area contributed by atoms with E-state index in [1.165, 1.54) is 12.3 Å². The maximum Gasteiger partial charge on any atom is 0.287 e. The summed E-state index contributed by atoms with van der Waals surface area (Å²) in [5.74, 6) is -2.87. The van der Waals surface area contributed by atoms with Crippen molar-refractivity contribution in [2.75, 3.05) is 18.5 Å². The van der Waals surface area contributed by atoms with Gasteiger partial charge in [-0.2, -0.15) is 5.10 Å². The third-order valence-corrected chi connectivity index (χ3v) is 1.33. The topological polar surface area (TPSA) is 58.0 Å². The highest BCUT2D eigenvalue weighted by molar-refractivity contribution is 5.31. The zero-order valence-electron chi connectivity index (χ0n) is 6.74. The van der Waals surface area contributed by atoms with Crippen molar-refractivity contribution in [2.24, 2.45) is 0 Å². The average molecular weight is 189 g/mol. The lowest BCUT2D eigenvalue weighted by atomic mass is 10.3. The van der Waals surface area contributed by atoms with Gasteiger partial charge in [-0.3, -0.25) is 0 Å². The van der Waals surface area contributed by atoms with Crippen LogP contribution < -0.4 is 5.32 Å². The average Bonchev–Trinajstić information content (AvgIpc) is 2.17. The number of alkyl halides is 2. The van der Waals surface area contributed by atoms with E-state index in [-0.39, 0.29) is 5.82 Å². The van der Waals surface area contributed by atoms with Crippen LogP contribution in [0.3, 0.4) is 0 Å². The van der Waals surface area contributed by atoms with E-state index in [0.717, 1.165) is 0 Å². The Morgan fingerprint density at radius 1 is 1.54 bits per heavy atom. The van der Waals surface area contributed by atoms with E-state index in [1.54, 1.807) is 6.07 Å². The summed E-state index contributed by atoms with van der Waals surface area (Å²) < 4.78 is 25.0. The van der Waals surface area contributed by atoms with Crippen molar-refractivity contribution in [3.05, 3.63) is 18.3 Å². The molecule has 0 aliphatic heterocycles. The Morgan fingerprint density at radius 3 is 2.85 bits per heavy atom. The summed E-state index contributed by atoms with van der Waals surface area (Å²) in [5.41, 5.74) is 0. The number of anilines is 1. The van der Waals surface area contributed by atoms with Crippen LogP contribution in [0, 0.1) is 0 Å². The Morgan fingerprint density at radius 2 is 2.31 bits per heavy atom. The van der Waals surface area contributed by atoms with Crippen molar-refractivity contribution in [2.45, 2.75) is 5.92 Å². The highest BCUT2D eigenvalue weighted by Crippen LogP contribution is 2.12. The quantitative estimate of drug-likeness (QED) is 0.724. The van der Waals surface area contributed by atoms with Crippen LogP contribution in [0.1, 0.15) is 0 Å². The van der Waals surface area contributed by atoms with Gasteiger partial charge in [0.15, 0.2) is 0 Å². The van der Waals surface area contributed by atoms with E-state index >= 15 is 0 Å². The van der Waals surface area contributed by atoms with Crippen LogP contribution in [-0.2, 0) is 0 Å². The second-order valence-electron chi connectivity index (χ2n) is 2.48. The number of hydrogen-bond donors (Lipinski definition) is 2. The molecule has 0 atom stereocenters. The van der Waals surface area contributed by atoms with Gasteiger partial charge >= 0.3 is 0 Å². The molecule has 1 aromatic heterocycles. The van der Waals surface area contributed by atoms with Gasteiger partial charge in [-0.15, -0.1) is 5.10 Å². The van der Waals surface area contributed by atoms with Gasteiger partial charge in [-0.1, -0.05) is 0 Å². The Hall–Kier alpha value is -1.30. The Balaban J connectivity index is 2.44. The maximum absolute atomic E-state index is 12.5. The zero-order valence-corrected chi connectivity index (χ0v) is 6.74. The van der Waals surface area contributed by atoms with Crippen molar-refractivity contribution in [1.82, 2.24) is 10.2 Å². The summed E-state index contributed by atoms with van der Waals surface area (Å²) in [4.78, 5) is 0. The summed E-state index contributed by atoms with van der Waals surface area (Å²) in [6.45, 7) is -1.83. The molecular weight excluding hydrogens is 180 g/mol. The number of hydrogen-bond acceptors (Lipinski definition) is 4. The van der Waals surface area contributed by atoms with Crippen molar-refractivity contribution < 1.29 is 13.9 Å². The molecule has 0 aliphatic carbocycles. The van der Waals surface area contributed by atoms with Crippen molar-refractivity contribution in [3.8, 4) is 0 Å². The summed E-state index contributed by atoms with van der Waals surface area (Å²) in [6, 6.07) is 3.09. The van der Waals surface area contributed by atoms with Crippen LogP contribution in [0.25, 0.3) is 0 Å². The molecule has 6 heteroatoms. The van der Waals surface area contributed by atoms with Crippen molar-refractivity contribution in [1.29, 1.82) is 0 Å². The van der Waals surface area contributed by atoms with Crippen molar-refractivity contribution >= 4 is 5.82 Å². The SMILES string of the molecule is OCC(F)(F)CNc1cccnn1. The van der Waals surface area contributed by atoms with Gasteiger partial charge < -0.3 is 10.4 Å². The van der Waals surface area contributed by atoms with E-state index in [2.05, 4.69) is 15.5 Å². The van der Waals surface area contributed by atoms with Gasteiger partial charge in [0.1, 0.15) is 12.4 Å². The lowest BCUT2D eigenvalue weighted by Gasteiger charge is -2.13. The minimum absolute atomic E-state index is 0.260. The van der Waals surface area contributed by atoms with Crippen LogP contribution in [0.4, 0.5) is 14.6 Å². The molecule has 0 unspecified atom stereocenters. The number of nitrogens with one attached hydrogen (secondary N) is 1. The normalized spacial score (nSPS) is 11.3. The van der Waals surface area contributed by atoms with Gasteiger partial charge in [0, 0.05) is 6.20 Å². The molecule has 1 aromatic rings. The smallest absolute Gasteiger partial charge is 0.287 e. The fourth-order valence-corrected chi connectivity index (χ4v) is 0.672. The third-order valence-electron chi connectivity index (χ3n) is 1.33. The Kier molecular flexibility index (Phi) is 3.07. The zero-order chi connectivity index (χ0) is 9.73. The fraction of sp³-hybridized carbons (Fsp3) is 0.429. The molecule has 0 aliphatic rings. The molecule has 0 saturated carbocycles. The molecule has 72 valence electrons. The standard InChI is InChI=1S/C7H9F2N3O/c8-7(9,5-13)4-10-6-2-1-3-11-12-6/h1-3,13H,4-5H2,(H,10,12). The molecule has 1 heterocycles. The first-order chi connectivity index (χ1) is 6.14.